The summed E-state index contributed by atoms with van der Waals surface area (Å²) in [6.07, 6.45) is 6.62. The molecule has 1 N–H and O–H groups in total. The minimum absolute atomic E-state index is 0.619. The Morgan fingerprint density at radius 1 is 1.20 bits per heavy atom. The molecule has 0 unspecified atom stereocenters. The first-order valence-electron chi connectivity index (χ1n) is 5.47. The predicted molar refractivity (Wildman–Crippen MR) is 69.6 cm³/mol. The Morgan fingerprint density at radius 3 is 2.67 bits per heavy atom. The summed E-state index contributed by atoms with van der Waals surface area (Å²) >= 11 is 9.51. The van der Waals surface area contributed by atoms with Crippen LogP contribution in [0.4, 0.5) is 5.69 Å². The smallest absolute Gasteiger partial charge is 0.0501 e. The average molecular weight is 289 g/mol. The molecule has 0 radical (unpaired) electrons. The van der Waals surface area contributed by atoms with Crippen molar-refractivity contribution in [2.75, 3.05) is 5.32 Å². The number of hydrogen-bond donors (Lipinski definition) is 1. The van der Waals surface area contributed by atoms with Crippen LogP contribution < -0.4 is 5.32 Å². The van der Waals surface area contributed by atoms with E-state index in [2.05, 4.69) is 21.2 Å². The van der Waals surface area contributed by atoms with E-state index in [-0.39, 0.29) is 0 Å². The highest BCUT2D eigenvalue weighted by Gasteiger charge is 2.13. The van der Waals surface area contributed by atoms with Crippen LogP contribution in [0.3, 0.4) is 0 Å². The van der Waals surface area contributed by atoms with Crippen LogP contribution >= 0.6 is 27.5 Å². The second-order valence-corrected chi connectivity index (χ2v) is 5.39. The van der Waals surface area contributed by atoms with Crippen LogP contribution in [0.5, 0.6) is 0 Å². The summed E-state index contributed by atoms with van der Waals surface area (Å²) in [4.78, 5) is 0. The van der Waals surface area contributed by atoms with Crippen LogP contribution in [0.25, 0.3) is 0 Å². The summed E-state index contributed by atoms with van der Waals surface area (Å²) in [5.41, 5.74) is 1.12. The molecule has 3 heteroatoms. The monoisotopic (exact) mass is 287 g/mol. The first-order valence-corrected chi connectivity index (χ1v) is 6.64. The Labute approximate surface area is 104 Å². The van der Waals surface area contributed by atoms with Gasteiger partial charge in [-0.1, -0.05) is 30.9 Å². The maximum atomic E-state index is 5.97. The lowest BCUT2D eigenvalue weighted by molar-refractivity contribution is 0.462. The van der Waals surface area contributed by atoms with Gasteiger partial charge in [-0.2, -0.15) is 0 Å². The highest BCUT2D eigenvalue weighted by molar-refractivity contribution is 9.10. The standard InChI is InChI=1S/C12H15BrClN/c13-11-7-6-9(14)8-12(11)15-10-4-2-1-3-5-10/h6-8,10,15H,1-5H2. The van der Waals surface area contributed by atoms with Crippen molar-refractivity contribution in [2.24, 2.45) is 0 Å². The number of halogens is 2. The summed E-state index contributed by atoms with van der Waals surface area (Å²) in [5.74, 6) is 0. The molecule has 1 aromatic carbocycles. The topological polar surface area (TPSA) is 12.0 Å². The van der Waals surface area contributed by atoms with E-state index in [1.165, 1.54) is 32.1 Å². The molecule has 82 valence electrons. The lowest BCUT2D eigenvalue weighted by Gasteiger charge is -2.24. The lowest BCUT2D eigenvalue weighted by Crippen LogP contribution is -2.22. The van der Waals surface area contributed by atoms with Gasteiger partial charge in [-0.15, -0.1) is 0 Å². The van der Waals surface area contributed by atoms with E-state index in [0.29, 0.717) is 6.04 Å². The fraction of sp³-hybridized carbons (Fsp3) is 0.500. The van der Waals surface area contributed by atoms with Gasteiger partial charge >= 0.3 is 0 Å². The third kappa shape index (κ3) is 3.12. The number of anilines is 1. The first-order chi connectivity index (χ1) is 7.25. The highest BCUT2D eigenvalue weighted by atomic mass is 79.9. The summed E-state index contributed by atoms with van der Waals surface area (Å²) in [6.45, 7) is 0. The molecule has 0 atom stereocenters. The Morgan fingerprint density at radius 2 is 1.93 bits per heavy atom. The van der Waals surface area contributed by atoms with E-state index in [4.69, 9.17) is 11.6 Å². The van der Waals surface area contributed by atoms with E-state index in [0.717, 1.165) is 15.2 Å². The van der Waals surface area contributed by atoms with Crippen LogP contribution in [-0.4, -0.2) is 6.04 Å². The molecule has 0 amide bonds. The molecule has 0 heterocycles. The fourth-order valence-corrected chi connectivity index (χ4v) is 2.61. The van der Waals surface area contributed by atoms with Crippen molar-refractivity contribution in [1.82, 2.24) is 0 Å². The summed E-state index contributed by atoms with van der Waals surface area (Å²) in [6, 6.07) is 6.50. The Bertz CT molecular complexity index is 334. The van der Waals surface area contributed by atoms with Crippen LogP contribution in [0.2, 0.25) is 5.02 Å². The highest BCUT2D eigenvalue weighted by Crippen LogP contribution is 2.29. The van der Waals surface area contributed by atoms with Gasteiger partial charge in [0.05, 0.1) is 5.69 Å². The van der Waals surface area contributed by atoms with Gasteiger partial charge in [0.1, 0.15) is 0 Å². The molecule has 1 aromatic rings. The maximum Gasteiger partial charge on any atom is 0.0501 e. The second-order valence-electron chi connectivity index (χ2n) is 4.10. The van der Waals surface area contributed by atoms with Crippen LogP contribution in [0, 0.1) is 0 Å². The average Bonchev–Trinajstić information content (AvgIpc) is 2.25. The van der Waals surface area contributed by atoms with Crippen LogP contribution in [-0.2, 0) is 0 Å². The fourth-order valence-electron chi connectivity index (χ4n) is 2.07. The van der Waals surface area contributed by atoms with Crippen molar-refractivity contribution < 1.29 is 0 Å². The van der Waals surface area contributed by atoms with E-state index < -0.39 is 0 Å². The number of nitrogens with one attached hydrogen (secondary N) is 1. The quantitative estimate of drug-likeness (QED) is 0.820. The van der Waals surface area contributed by atoms with Gasteiger partial charge in [-0.05, 0) is 47.0 Å². The molecule has 2 rings (SSSR count). The minimum Gasteiger partial charge on any atom is -0.381 e. The van der Waals surface area contributed by atoms with Gasteiger partial charge in [0.15, 0.2) is 0 Å². The van der Waals surface area contributed by atoms with Gasteiger partial charge in [-0.25, -0.2) is 0 Å². The zero-order valence-corrected chi connectivity index (χ0v) is 10.9. The van der Waals surface area contributed by atoms with Crippen molar-refractivity contribution in [3.05, 3.63) is 27.7 Å². The molecule has 1 fully saturated rings. The molecule has 1 saturated carbocycles. The van der Waals surface area contributed by atoms with E-state index in [1.54, 1.807) is 0 Å². The van der Waals surface area contributed by atoms with Crippen molar-refractivity contribution in [3.63, 3.8) is 0 Å². The molecule has 15 heavy (non-hydrogen) atoms. The minimum atomic E-state index is 0.619. The molecule has 0 bridgehead atoms. The second kappa shape index (κ2) is 5.22. The van der Waals surface area contributed by atoms with E-state index >= 15 is 0 Å². The number of rotatable bonds is 2. The third-order valence-electron chi connectivity index (χ3n) is 2.89. The largest absolute Gasteiger partial charge is 0.381 e. The van der Waals surface area contributed by atoms with Gasteiger partial charge in [0.2, 0.25) is 0 Å². The molecule has 0 aliphatic heterocycles. The van der Waals surface area contributed by atoms with Crippen LogP contribution in [0.15, 0.2) is 22.7 Å². The first kappa shape index (κ1) is 11.3. The summed E-state index contributed by atoms with van der Waals surface area (Å²) < 4.78 is 1.09. The molecule has 1 aliphatic carbocycles. The Hall–Kier alpha value is -0.210. The lowest BCUT2D eigenvalue weighted by atomic mass is 9.95. The maximum absolute atomic E-state index is 5.97. The number of hydrogen-bond acceptors (Lipinski definition) is 1. The van der Waals surface area contributed by atoms with Crippen molar-refractivity contribution >= 4 is 33.2 Å². The molecule has 1 nitrogen and oxygen atoms in total. The Balaban J connectivity index is 2.05. The van der Waals surface area contributed by atoms with Crippen molar-refractivity contribution in [3.8, 4) is 0 Å². The molecular weight excluding hydrogens is 273 g/mol. The van der Waals surface area contributed by atoms with E-state index in [1.807, 2.05) is 18.2 Å². The predicted octanol–water partition coefficient (Wildman–Crippen LogP) is 4.85. The van der Waals surface area contributed by atoms with Gasteiger partial charge in [-0.3, -0.25) is 0 Å². The Kier molecular flexibility index (Phi) is 3.92. The van der Waals surface area contributed by atoms with Crippen molar-refractivity contribution in [2.45, 2.75) is 38.1 Å². The molecule has 0 spiro atoms. The molecule has 1 aliphatic rings. The van der Waals surface area contributed by atoms with Gasteiger partial charge < -0.3 is 5.32 Å². The SMILES string of the molecule is Clc1ccc(Br)c(NC2CCCCC2)c1. The zero-order chi connectivity index (χ0) is 10.7. The summed E-state index contributed by atoms with van der Waals surface area (Å²) in [7, 11) is 0. The zero-order valence-electron chi connectivity index (χ0n) is 8.60. The molecule has 0 saturated heterocycles. The van der Waals surface area contributed by atoms with Gasteiger partial charge in [0.25, 0.3) is 0 Å². The van der Waals surface area contributed by atoms with E-state index in [9.17, 15) is 0 Å². The normalized spacial score (nSPS) is 17.7. The summed E-state index contributed by atoms with van der Waals surface area (Å²) in [5, 5.41) is 4.35. The van der Waals surface area contributed by atoms with Crippen LogP contribution in [0.1, 0.15) is 32.1 Å². The van der Waals surface area contributed by atoms with Gasteiger partial charge in [0, 0.05) is 15.5 Å². The molecular formula is C12H15BrClN. The number of benzene rings is 1. The molecule has 0 aromatic heterocycles. The third-order valence-corrected chi connectivity index (χ3v) is 3.82. The van der Waals surface area contributed by atoms with Crippen molar-refractivity contribution in [1.29, 1.82) is 0 Å².